The number of guanidine groups is 1. The molecule has 0 bridgehead atoms. The Hall–Kier alpha value is -2.93. The molecule has 1 aromatic heterocycles. The zero-order valence-electron chi connectivity index (χ0n) is 14.1. The van der Waals surface area contributed by atoms with Gasteiger partial charge in [0, 0.05) is 41.1 Å². The molecule has 2 heterocycles. The van der Waals surface area contributed by atoms with Crippen LogP contribution in [0, 0.1) is 5.82 Å². The Bertz CT molecular complexity index is 1030. The lowest BCUT2D eigenvalue weighted by atomic mass is 10.1. The van der Waals surface area contributed by atoms with Crippen LogP contribution in [0.1, 0.15) is 29.2 Å². The van der Waals surface area contributed by atoms with E-state index < -0.39 is 11.7 Å². The minimum Gasteiger partial charge on any atom is -0.381 e. The number of hydrogen-bond donors (Lipinski definition) is 2. The minimum absolute atomic E-state index is 0.125. The first kappa shape index (κ1) is 16.5. The van der Waals surface area contributed by atoms with E-state index in [1.54, 1.807) is 6.07 Å². The van der Waals surface area contributed by atoms with Crippen LogP contribution in [0.2, 0.25) is 0 Å². The van der Waals surface area contributed by atoms with Crippen LogP contribution < -0.4 is 11.5 Å². The van der Waals surface area contributed by atoms with Crippen molar-refractivity contribution >= 4 is 33.7 Å². The van der Waals surface area contributed by atoms with Crippen LogP contribution in [-0.4, -0.2) is 29.6 Å². The number of rotatable bonds is 2. The molecular formula is C19H19FN4O2. The maximum Gasteiger partial charge on any atom is 0.280 e. The van der Waals surface area contributed by atoms with Crippen LogP contribution >= 0.6 is 0 Å². The van der Waals surface area contributed by atoms with Crippen molar-refractivity contribution < 1.29 is 13.9 Å². The van der Waals surface area contributed by atoms with Gasteiger partial charge in [0.05, 0.1) is 5.52 Å². The Morgan fingerprint density at radius 2 is 1.88 bits per heavy atom. The minimum atomic E-state index is -0.658. The topological polar surface area (TPSA) is 95.6 Å². The van der Waals surface area contributed by atoms with Gasteiger partial charge in [0.2, 0.25) is 0 Å². The summed E-state index contributed by atoms with van der Waals surface area (Å²) in [6.07, 6.45) is 1.67. The van der Waals surface area contributed by atoms with Crippen molar-refractivity contribution in [3.05, 3.63) is 47.8 Å². The molecule has 2 aromatic carbocycles. The van der Waals surface area contributed by atoms with Gasteiger partial charge in [-0.1, -0.05) is 18.2 Å². The predicted octanol–water partition coefficient (Wildman–Crippen LogP) is 2.70. The van der Waals surface area contributed by atoms with Crippen molar-refractivity contribution in [3.63, 3.8) is 0 Å². The highest BCUT2D eigenvalue weighted by Crippen LogP contribution is 2.37. The van der Waals surface area contributed by atoms with Crippen molar-refractivity contribution in [2.45, 2.75) is 18.9 Å². The lowest BCUT2D eigenvalue weighted by Gasteiger charge is -2.25. The molecule has 0 aliphatic carbocycles. The molecule has 6 nitrogen and oxygen atoms in total. The molecule has 4 rings (SSSR count). The van der Waals surface area contributed by atoms with E-state index in [1.807, 2.05) is 24.3 Å². The molecule has 1 amide bonds. The summed E-state index contributed by atoms with van der Waals surface area (Å²) in [7, 11) is 0. The molecule has 0 unspecified atom stereocenters. The van der Waals surface area contributed by atoms with E-state index in [9.17, 15) is 9.18 Å². The molecule has 1 fully saturated rings. The normalized spacial score (nSPS) is 15.4. The summed E-state index contributed by atoms with van der Waals surface area (Å²) in [6.45, 7) is 1.32. The van der Waals surface area contributed by atoms with Crippen LogP contribution in [-0.2, 0) is 4.74 Å². The first-order valence-electron chi connectivity index (χ1n) is 8.50. The second-order valence-corrected chi connectivity index (χ2v) is 6.42. The van der Waals surface area contributed by atoms with Gasteiger partial charge in [-0.25, -0.2) is 4.39 Å². The molecule has 134 valence electrons. The summed E-state index contributed by atoms with van der Waals surface area (Å²) in [4.78, 5) is 15.7. The highest BCUT2D eigenvalue weighted by atomic mass is 19.1. The second-order valence-electron chi connectivity index (χ2n) is 6.42. The van der Waals surface area contributed by atoms with Crippen LogP contribution in [0.25, 0.3) is 21.8 Å². The number of fused-ring (bicyclic) bond motifs is 3. The molecule has 7 heteroatoms. The monoisotopic (exact) mass is 354 g/mol. The maximum atomic E-state index is 15.0. The van der Waals surface area contributed by atoms with E-state index in [1.165, 1.54) is 6.07 Å². The van der Waals surface area contributed by atoms with Crippen molar-refractivity contribution in [3.8, 4) is 0 Å². The van der Waals surface area contributed by atoms with Gasteiger partial charge >= 0.3 is 0 Å². The van der Waals surface area contributed by atoms with Gasteiger partial charge in [-0.3, -0.25) is 4.79 Å². The van der Waals surface area contributed by atoms with Crippen LogP contribution in [0.15, 0.2) is 41.4 Å². The number of amides is 1. The standard InChI is InChI=1S/C19H19FN4O2/c20-14-9-11(18(25)23-19(21)22)10-16-17(14)13-3-1-2-4-15(13)24(16)12-5-7-26-8-6-12/h1-4,9-10,12H,5-8H2,(H4,21,22,23,25). The SMILES string of the molecule is NC(N)=NC(=O)c1cc(F)c2c3ccccc3n(C3CCOCC3)c2c1. The Kier molecular flexibility index (Phi) is 4.08. The molecular weight excluding hydrogens is 335 g/mol. The van der Waals surface area contributed by atoms with Gasteiger partial charge in [-0.15, -0.1) is 0 Å². The average molecular weight is 354 g/mol. The number of halogens is 1. The third kappa shape index (κ3) is 2.70. The van der Waals surface area contributed by atoms with Crippen molar-refractivity contribution in [1.82, 2.24) is 4.57 Å². The van der Waals surface area contributed by atoms with Crippen molar-refractivity contribution in [1.29, 1.82) is 0 Å². The Balaban J connectivity index is 2.01. The first-order valence-corrected chi connectivity index (χ1v) is 8.50. The van der Waals surface area contributed by atoms with E-state index in [-0.39, 0.29) is 17.6 Å². The highest BCUT2D eigenvalue weighted by molar-refractivity contribution is 6.11. The van der Waals surface area contributed by atoms with Crippen LogP contribution in [0.5, 0.6) is 0 Å². The van der Waals surface area contributed by atoms with Gasteiger partial charge in [-0.2, -0.15) is 4.99 Å². The maximum absolute atomic E-state index is 15.0. The van der Waals surface area contributed by atoms with Crippen LogP contribution in [0.4, 0.5) is 4.39 Å². The molecule has 3 aromatic rings. The Morgan fingerprint density at radius 1 is 1.15 bits per heavy atom. The molecule has 4 N–H and O–H groups in total. The zero-order valence-corrected chi connectivity index (χ0v) is 14.1. The lowest BCUT2D eigenvalue weighted by Crippen LogP contribution is -2.24. The summed E-state index contributed by atoms with van der Waals surface area (Å²) in [5.41, 5.74) is 12.3. The average Bonchev–Trinajstić information content (AvgIpc) is 2.96. The van der Waals surface area contributed by atoms with Crippen molar-refractivity contribution in [2.75, 3.05) is 13.2 Å². The van der Waals surface area contributed by atoms with Crippen molar-refractivity contribution in [2.24, 2.45) is 16.5 Å². The van der Waals surface area contributed by atoms with Gasteiger partial charge < -0.3 is 20.8 Å². The summed E-state index contributed by atoms with van der Waals surface area (Å²) in [6, 6.07) is 10.7. The van der Waals surface area contributed by atoms with Gasteiger partial charge in [0.15, 0.2) is 5.96 Å². The zero-order chi connectivity index (χ0) is 18.3. The number of para-hydroxylation sites is 1. The third-order valence-corrected chi connectivity index (χ3v) is 4.80. The second kappa shape index (κ2) is 6.42. The van der Waals surface area contributed by atoms with Gasteiger partial charge in [0.25, 0.3) is 5.91 Å². The van der Waals surface area contributed by atoms with E-state index >= 15 is 0 Å². The largest absolute Gasteiger partial charge is 0.381 e. The molecule has 1 saturated heterocycles. The van der Waals surface area contributed by atoms with E-state index in [0.717, 1.165) is 23.7 Å². The molecule has 26 heavy (non-hydrogen) atoms. The number of aliphatic imine (C=N–C) groups is 1. The van der Waals surface area contributed by atoms with Crippen LogP contribution in [0.3, 0.4) is 0 Å². The molecule has 0 atom stereocenters. The first-order chi connectivity index (χ1) is 12.6. The summed E-state index contributed by atoms with van der Waals surface area (Å²) >= 11 is 0. The molecule has 1 aliphatic heterocycles. The number of ether oxygens (including phenoxy) is 1. The fourth-order valence-electron chi connectivity index (χ4n) is 3.72. The molecule has 0 radical (unpaired) electrons. The van der Waals surface area contributed by atoms with E-state index in [2.05, 4.69) is 9.56 Å². The number of benzene rings is 2. The number of hydrogen-bond acceptors (Lipinski definition) is 2. The molecule has 0 saturated carbocycles. The Morgan fingerprint density at radius 3 is 2.62 bits per heavy atom. The van der Waals surface area contributed by atoms with E-state index in [4.69, 9.17) is 16.2 Å². The number of nitrogens with zero attached hydrogens (tertiary/aromatic N) is 2. The molecule has 0 spiro atoms. The molecule has 1 aliphatic rings. The predicted molar refractivity (Wildman–Crippen MR) is 98.6 cm³/mol. The summed E-state index contributed by atoms with van der Waals surface area (Å²) < 4.78 is 22.5. The quantitative estimate of drug-likeness (QED) is 0.546. The highest BCUT2D eigenvalue weighted by Gasteiger charge is 2.23. The number of aromatic nitrogens is 1. The van der Waals surface area contributed by atoms with E-state index in [0.29, 0.717) is 24.1 Å². The van der Waals surface area contributed by atoms with Gasteiger partial charge in [0.1, 0.15) is 5.82 Å². The van der Waals surface area contributed by atoms with Gasteiger partial charge in [-0.05, 0) is 31.0 Å². The third-order valence-electron chi connectivity index (χ3n) is 4.80. The Labute approximate surface area is 149 Å². The smallest absolute Gasteiger partial charge is 0.280 e. The number of carbonyl (C=O) groups excluding carboxylic acids is 1. The summed E-state index contributed by atoms with van der Waals surface area (Å²) in [5.74, 6) is -1.46. The fourth-order valence-corrected chi connectivity index (χ4v) is 3.72. The number of nitrogens with two attached hydrogens (primary N) is 2. The summed E-state index contributed by atoms with van der Waals surface area (Å²) in [5, 5.41) is 1.33. The number of carbonyl (C=O) groups is 1. The lowest BCUT2D eigenvalue weighted by molar-refractivity contribution is 0.0717. The fraction of sp³-hybridized carbons (Fsp3) is 0.263.